The van der Waals surface area contributed by atoms with E-state index >= 15 is 0 Å². The van der Waals surface area contributed by atoms with E-state index in [1.807, 2.05) is 12.1 Å². The first-order valence-corrected chi connectivity index (χ1v) is 6.52. The molecule has 1 N–H and O–H groups in total. The van der Waals surface area contributed by atoms with Gasteiger partial charge in [0.05, 0.1) is 25.5 Å². The van der Waals surface area contributed by atoms with E-state index in [2.05, 4.69) is 5.16 Å². The molecule has 1 heterocycles. The van der Waals surface area contributed by atoms with Gasteiger partial charge in [-0.05, 0) is 24.6 Å². The van der Waals surface area contributed by atoms with Gasteiger partial charge in [0.25, 0.3) is 5.91 Å². The van der Waals surface area contributed by atoms with Gasteiger partial charge in [-0.2, -0.15) is 0 Å². The molecule has 1 amide bonds. The van der Waals surface area contributed by atoms with E-state index in [-0.39, 0.29) is 18.3 Å². The molecule has 6 nitrogen and oxygen atoms in total. The second kappa shape index (κ2) is 6.41. The molecule has 0 spiro atoms. The maximum atomic E-state index is 12.3. The summed E-state index contributed by atoms with van der Waals surface area (Å²) in [7, 11) is 3.20. The Hall–Kier alpha value is -2.34. The van der Waals surface area contributed by atoms with E-state index in [9.17, 15) is 9.90 Å². The predicted octanol–water partition coefficient (Wildman–Crippen LogP) is 1.80. The third kappa shape index (κ3) is 3.22. The number of rotatable bonds is 5. The monoisotopic (exact) mass is 290 g/mol. The zero-order valence-corrected chi connectivity index (χ0v) is 12.2. The lowest BCUT2D eigenvalue weighted by Gasteiger charge is -2.26. The van der Waals surface area contributed by atoms with Crippen LogP contribution in [-0.4, -0.2) is 41.8 Å². The minimum absolute atomic E-state index is 0.155. The minimum atomic E-state index is -0.464. The van der Waals surface area contributed by atoms with Crippen molar-refractivity contribution in [1.82, 2.24) is 10.1 Å². The Kier molecular flexibility index (Phi) is 4.59. The number of nitrogens with zero attached hydrogens (tertiary/aromatic N) is 2. The number of aliphatic hydroxyl groups excluding tert-OH is 1. The zero-order chi connectivity index (χ0) is 15.4. The number of hydrogen-bond acceptors (Lipinski definition) is 5. The summed E-state index contributed by atoms with van der Waals surface area (Å²) in [5.74, 6) is 0.544. The van der Waals surface area contributed by atoms with Crippen LogP contribution in [0.3, 0.4) is 0 Å². The molecule has 1 aromatic carbocycles. The topological polar surface area (TPSA) is 75.8 Å². The number of carbonyl (C=O) groups excluding carboxylic acids is 1. The standard InChI is InChI=1S/C15H18N2O4/c1-10-8-14(21-16-10)15(19)17(2)13(9-18)11-4-6-12(20-3)7-5-11/h4-8,13,18H,9H2,1-3H3. The molecule has 0 saturated carbocycles. The minimum Gasteiger partial charge on any atom is -0.497 e. The molecule has 0 saturated heterocycles. The van der Waals surface area contributed by atoms with Gasteiger partial charge < -0.3 is 19.3 Å². The fraction of sp³-hybridized carbons (Fsp3) is 0.333. The summed E-state index contributed by atoms with van der Waals surface area (Å²) >= 11 is 0. The van der Waals surface area contributed by atoms with Gasteiger partial charge in [-0.15, -0.1) is 0 Å². The van der Waals surface area contributed by atoms with Crippen LogP contribution in [0, 0.1) is 6.92 Å². The first kappa shape index (κ1) is 15.1. The van der Waals surface area contributed by atoms with Gasteiger partial charge in [0.1, 0.15) is 5.75 Å². The van der Waals surface area contributed by atoms with Crippen LogP contribution >= 0.6 is 0 Å². The fourth-order valence-electron chi connectivity index (χ4n) is 2.06. The quantitative estimate of drug-likeness (QED) is 0.908. The number of ether oxygens (including phenoxy) is 1. The number of likely N-dealkylation sites (N-methyl/N-ethyl adjacent to an activating group) is 1. The Bertz CT molecular complexity index is 606. The van der Waals surface area contributed by atoms with E-state index in [1.54, 1.807) is 39.3 Å². The van der Waals surface area contributed by atoms with Crippen molar-refractivity contribution in [3.8, 4) is 5.75 Å². The number of aromatic nitrogens is 1. The number of amides is 1. The van der Waals surface area contributed by atoms with E-state index in [0.29, 0.717) is 5.69 Å². The fourth-order valence-corrected chi connectivity index (χ4v) is 2.06. The summed E-state index contributed by atoms with van der Waals surface area (Å²) in [6.07, 6.45) is 0. The smallest absolute Gasteiger partial charge is 0.292 e. The van der Waals surface area contributed by atoms with Crippen LogP contribution in [0.4, 0.5) is 0 Å². The largest absolute Gasteiger partial charge is 0.497 e. The lowest BCUT2D eigenvalue weighted by molar-refractivity contribution is 0.0617. The highest BCUT2D eigenvalue weighted by Gasteiger charge is 2.24. The third-order valence-electron chi connectivity index (χ3n) is 3.30. The number of methoxy groups -OCH3 is 1. The first-order chi connectivity index (χ1) is 10.1. The molecule has 1 unspecified atom stereocenters. The molecule has 0 aliphatic heterocycles. The van der Waals surface area contributed by atoms with Crippen molar-refractivity contribution in [2.75, 3.05) is 20.8 Å². The number of aryl methyl sites for hydroxylation is 1. The maximum Gasteiger partial charge on any atom is 0.292 e. The summed E-state index contributed by atoms with van der Waals surface area (Å²) in [5.41, 5.74) is 1.45. The van der Waals surface area contributed by atoms with Crippen molar-refractivity contribution in [2.45, 2.75) is 13.0 Å². The zero-order valence-electron chi connectivity index (χ0n) is 12.2. The van der Waals surface area contributed by atoms with Crippen LogP contribution < -0.4 is 4.74 Å². The lowest BCUT2D eigenvalue weighted by atomic mass is 10.1. The number of aliphatic hydroxyl groups is 1. The summed E-state index contributed by atoms with van der Waals surface area (Å²) in [5, 5.41) is 13.3. The first-order valence-electron chi connectivity index (χ1n) is 6.52. The highest BCUT2D eigenvalue weighted by Crippen LogP contribution is 2.23. The molecule has 1 atom stereocenters. The molecule has 21 heavy (non-hydrogen) atoms. The van der Waals surface area contributed by atoms with Gasteiger partial charge in [0.2, 0.25) is 5.76 Å². The molecular weight excluding hydrogens is 272 g/mol. The molecule has 0 fully saturated rings. The lowest BCUT2D eigenvalue weighted by Crippen LogP contribution is -2.33. The SMILES string of the molecule is COc1ccc(C(CO)N(C)C(=O)c2cc(C)no2)cc1. The second-order valence-corrected chi connectivity index (χ2v) is 4.72. The summed E-state index contributed by atoms with van der Waals surface area (Å²) in [6, 6.07) is 8.31. The van der Waals surface area contributed by atoms with Gasteiger partial charge >= 0.3 is 0 Å². The predicted molar refractivity (Wildman–Crippen MR) is 76.2 cm³/mol. The summed E-state index contributed by atoms with van der Waals surface area (Å²) in [4.78, 5) is 13.7. The summed E-state index contributed by atoms with van der Waals surface area (Å²) < 4.78 is 10.1. The van der Waals surface area contributed by atoms with Crippen molar-refractivity contribution < 1.29 is 19.2 Å². The third-order valence-corrected chi connectivity index (χ3v) is 3.30. The van der Waals surface area contributed by atoms with Crippen LogP contribution in [0.1, 0.15) is 27.9 Å². The Morgan fingerprint density at radius 2 is 2.10 bits per heavy atom. The van der Waals surface area contributed by atoms with Crippen molar-refractivity contribution in [3.05, 3.63) is 47.3 Å². The molecule has 112 valence electrons. The number of benzene rings is 1. The molecule has 0 aliphatic rings. The highest BCUT2D eigenvalue weighted by molar-refractivity contribution is 5.91. The van der Waals surface area contributed by atoms with Crippen molar-refractivity contribution in [1.29, 1.82) is 0 Å². The van der Waals surface area contributed by atoms with Crippen molar-refractivity contribution in [3.63, 3.8) is 0 Å². The van der Waals surface area contributed by atoms with E-state index in [4.69, 9.17) is 9.26 Å². The van der Waals surface area contributed by atoms with Gasteiger partial charge in [0.15, 0.2) is 0 Å². The number of hydrogen-bond donors (Lipinski definition) is 1. The molecule has 1 aromatic heterocycles. The van der Waals surface area contributed by atoms with Gasteiger partial charge in [0, 0.05) is 13.1 Å². The Morgan fingerprint density at radius 3 is 2.57 bits per heavy atom. The van der Waals surface area contributed by atoms with Crippen LogP contribution in [0.5, 0.6) is 5.75 Å². The molecule has 0 radical (unpaired) electrons. The Morgan fingerprint density at radius 1 is 1.43 bits per heavy atom. The van der Waals surface area contributed by atoms with Gasteiger partial charge in [-0.3, -0.25) is 4.79 Å². The highest BCUT2D eigenvalue weighted by atomic mass is 16.5. The average molecular weight is 290 g/mol. The van der Waals surface area contributed by atoms with Crippen molar-refractivity contribution >= 4 is 5.91 Å². The molecule has 2 rings (SSSR count). The average Bonchev–Trinajstić information content (AvgIpc) is 2.94. The molecule has 2 aromatic rings. The van der Waals surface area contributed by atoms with E-state index < -0.39 is 6.04 Å². The maximum absolute atomic E-state index is 12.3. The van der Waals surface area contributed by atoms with Crippen LogP contribution in [0.25, 0.3) is 0 Å². The van der Waals surface area contributed by atoms with Crippen LogP contribution in [0.2, 0.25) is 0 Å². The normalized spacial score (nSPS) is 12.0. The molecule has 6 heteroatoms. The summed E-state index contributed by atoms with van der Waals surface area (Å²) in [6.45, 7) is 1.55. The van der Waals surface area contributed by atoms with E-state index in [1.165, 1.54) is 4.90 Å². The van der Waals surface area contributed by atoms with Crippen LogP contribution in [-0.2, 0) is 0 Å². The van der Waals surface area contributed by atoms with Gasteiger partial charge in [-0.1, -0.05) is 17.3 Å². The van der Waals surface area contributed by atoms with E-state index in [0.717, 1.165) is 11.3 Å². The van der Waals surface area contributed by atoms with Crippen molar-refractivity contribution in [2.24, 2.45) is 0 Å². The second-order valence-electron chi connectivity index (χ2n) is 4.72. The van der Waals surface area contributed by atoms with Crippen LogP contribution in [0.15, 0.2) is 34.9 Å². The molecular formula is C15H18N2O4. The molecule has 0 aliphatic carbocycles. The molecule has 0 bridgehead atoms. The number of carbonyl (C=O) groups is 1. The Labute approximate surface area is 122 Å². The van der Waals surface area contributed by atoms with Gasteiger partial charge in [-0.25, -0.2) is 0 Å². The Balaban J connectivity index is 2.21.